The molecule has 23 heteroatoms. The summed E-state index contributed by atoms with van der Waals surface area (Å²) >= 11 is 6.58. The van der Waals surface area contributed by atoms with Gasteiger partial charge in [0.1, 0.15) is 35.4 Å². The van der Waals surface area contributed by atoms with E-state index < -0.39 is 111 Å². The van der Waals surface area contributed by atoms with E-state index in [-0.39, 0.29) is 67.0 Å². The number of alkyl halides is 4. The Bertz CT molecular complexity index is 3280. The van der Waals surface area contributed by atoms with Crippen molar-refractivity contribution in [2.45, 2.75) is 43.7 Å². The molecule has 4 aromatic carbocycles. The van der Waals surface area contributed by atoms with Gasteiger partial charge in [-0.25, -0.2) is 44.1 Å². The van der Waals surface area contributed by atoms with Crippen LogP contribution in [0.2, 0.25) is 5.02 Å². The Balaban J connectivity index is 1.27. The number of carbonyl (C=O) groups excluding carboxylic acids is 1. The van der Waals surface area contributed by atoms with Crippen LogP contribution in [-0.4, -0.2) is 49.7 Å². The van der Waals surface area contributed by atoms with Gasteiger partial charge in [0.25, 0.3) is 17.9 Å². The van der Waals surface area contributed by atoms with Gasteiger partial charge < -0.3 is 5.32 Å². The quantitative estimate of drug-likeness (QED) is 0.0985. The van der Waals surface area contributed by atoms with Crippen molar-refractivity contribution in [2.75, 3.05) is 11.0 Å². The summed E-state index contributed by atoms with van der Waals surface area (Å²) in [5.41, 5.74) is -3.64. The second-order valence-corrected chi connectivity index (χ2v) is 17.7. The summed E-state index contributed by atoms with van der Waals surface area (Å²) in [5, 5.41) is 10.2. The predicted molar refractivity (Wildman–Crippen MR) is 213 cm³/mol. The summed E-state index contributed by atoms with van der Waals surface area (Å²) < 4.78 is 161. The van der Waals surface area contributed by atoms with E-state index in [0.717, 1.165) is 23.0 Å². The van der Waals surface area contributed by atoms with Crippen LogP contribution in [0.25, 0.3) is 38.6 Å². The highest BCUT2D eigenvalue weighted by Crippen LogP contribution is 2.68. The number of halogens is 10. The third-order valence-electron chi connectivity index (χ3n) is 11.1. The lowest BCUT2D eigenvalue weighted by atomic mass is 10.0. The van der Waals surface area contributed by atoms with E-state index in [1.165, 1.54) is 42.1 Å². The van der Waals surface area contributed by atoms with Crippen molar-refractivity contribution in [2.24, 2.45) is 13.0 Å². The monoisotopic (exact) mass is 934 g/mol. The Morgan fingerprint density at radius 1 is 0.953 bits per heavy atom. The molecule has 2 N–H and O–H groups in total. The maximum absolute atomic E-state index is 15.5. The number of rotatable bonds is 11. The van der Waals surface area contributed by atoms with Gasteiger partial charge in [-0.3, -0.25) is 28.2 Å². The van der Waals surface area contributed by atoms with Gasteiger partial charge in [-0.1, -0.05) is 17.7 Å². The third-order valence-corrected chi connectivity index (χ3v) is 12.0. The molecular formula is C41H28ClF9N8O4S. The van der Waals surface area contributed by atoms with Crippen LogP contribution >= 0.6 is 11.6 Å². The Hall–Kier alpha value is -6.42. The number of fused-ring (bicyclic) bond motifs is 5. The summed E-state index contributed by atoms with van der Waals surface area (Å²) in [6, 6.07) is 8.38. The smallest absolute Gasteiger partial charge is 0.293 e. The SMILES string of the molecule is Cn1nc(NS(C)(=O)=O)c2c(Cl)ccc(-n3c([C@H](Cc4cc(F)cc(F)c4)NC(=O)Cn4nc(C(F)F)c5c4C(F)(F)C4C[C@H]54)nc4cc(-c5cc(F)c(F)c(F)c5)ccc4c3=O)c21. The Kier molecular flexibility index (Phi) is 10.1. The average molecular weight is 935 g/mol. The van der Waals surface area contributed by atoms with E-state index in [2.05, 4.69) is 20.2 Å². The first-order chi connectivity index (χ1) is 30.1. The van der Waals surface area contributed by atoms with Crippen LogP contribution in [0.1, 0.15) is 53.1 Å². The fourth-order valence-corrected chi connectivity index (χ4v) is 9.22. The molecule has 3 aromatic heterocycles. The standard InChI is InChI=1S/C41H28ClF9N8O4S/c1-57-35-29(6-5-24(42)32(35)38(55-57)56-64(2,62)63)59-39(53-27-12-17(3-4-21(27)40(59)61)18-10-25(45)33(47)26(46)11-18)28(9-16-7-19(43)13-20(44)8-16)52-30(60)15-58-36-31(34(54-58)37(48)49)22-14-23(22)41(36,50)51/h3-8,10-13,22-23,28,37H,9,14-15H2,1-2H3,(H,52,60)(H,55,56)/t22-,23?,28-/m0/s1. The van der Waals surface area contributed by atoms with Crippen molar-refractivity contribution >= 4 is 55.2 Å². The number of benzene rings is 4. The van der Waals surface area contributed by atoms with Crippen molar-refractivity contribution in [1.29, 1.82) is 0 Å². The molecule has 0 spiro atoms. The first kappa shape index (κ1) is 42.9. The Labute approximate surface area is 359 Å². The molecule has 12 nitrogen and oxygen atoms in total. The molecular weight excluding hydrogens is 907 g/mol. The van der Waals surface area contributed by atoms with Crippen molar-refractivity contribution in [1.82, 2.24) is 34.4 Å². The predicted octanol–water partition coefficient (Wildman–Crippen LogP) is 8.10. The van der Waals surface area contributed by atoms with Crippen molar-refractivity contribution in [3.8, 4) is 16.8 Å². The van der Waals surface area contributed by atoms with Crippen molar-refractivity contribution in [3.63, 3.8) is 0 Å². The number of aryl methyl sites for hydroxylation is 1. The molecule has 2 aliphatic rings. The molecule has 1 amide bonds. The zero-order chi connectivity index (χ0) is 45.9. The number of nitrogens with one attached hydrogen (secondary N) is 2. The molecule has 332 valence electrons. The van der Waals surface area contributed by atoms with E-state index in [1.807, 2.05) is 0 Å². The molecule has 0 bridgehead atoms. The van der Waals surface area contributed by atoms with Crippen LogP contribution in [-0.2, 0) is 40.8 Å². The average Bonchev–Trinajstić information content (AvgIpc) is 3.74. The highest BCUT2D eigenvalue weighted by atomic mass is 35.5. The number of sulfonamides is 1. The summed E-state index contributed by atoms with van der Waals surface area (Å²) in [7, 11) is -2.60. The second kappa shape index (κ2) is 15.1. The van der Waals surface area contributed by atoms with Crippen LogP contribution in [0.4, 0.5) is 45.3 Å². The van der Waals surface area contributed by atoms with Gasteiger partial charge in [-0.2, -0.15) is 19.0 Å². The maximum atomic E-state index is 15.5. The first-order valence-electron chi connectivity index (χ1n) is 19.0. The molecule has 1 saturated carbocycles. The molecule has 0 aliphatic heterocycles. The number of hydrogen-bond donors (Lipinski definition) is 2. The number of carbonyl (C=O) groups is 1. The minimum atomic E-state index is -3.98. The highest BCUT2D eigenvalue weighted by Gasteiger charge is 2.67. The summed E-state index contributed by atoms with van der Waals surface area (Å²) in [6.07, 6.45) is -3.05. The maximum Gasteiger partial charge on any atom is 0.293 e. The molecule has 3 heterocycles. The molecule has 9 rings (SSSR count). The lowest BCUT2D eigenvalue weighted by molar-refractivity contribution is -0.123. The molecule has 3 atom stereocenters. The summed E-state index contributed by atoms with van der Waals surface area (Å²) in [4.78, 5) is 33.8. The first-order valence-corrected chi connectivity index (χ1v) is 21.2. The molecule has 2 aliphatic carbocycles. The van der Waals surface area contributed by atoms with Crippen LogP contribution in [0.5, 0.6) is 0 Å². The summed E-state index contributed by atoms with van der Waals surface area (Å²) in [5.74, 6) is -14.5. The molecule has 1 unspecified atom stereocenters. The fraction of sp³-hybridized carbons (Fsp3) is 0.244. The lowest BCUT2D eigenvalue weighted by Crippen LogP contribution is -2.38. The molecule has 7 aromatic rings. The van der Waals surface area contributed by atoms with Crippen LogP contribution in [0.15, 0.2) is 65.5 Å². The van der Waals surface area contributed by atoms with Gasteiger partial charge in [0.2, 0.25) is 15.9 Å². The zero-order valence-corrected chi connectivity index (χ0v) is 34.3. The second-order valence-electron chi connectivity index (χ2n) is 15.5. The van der Waals surface area contributed by atoms with Gasteiger partial charge in [0, 0.05) is 31.0 Å². The van der Waals surface area contributed by atoms with E-state index in [9.17, 15) is 48.7 Å². The minimum absolute atomic E-state index is 0.00587. The number of aromatic nitrogens is 6. The zero-order valence-electron chi connectivity index (χ0n) is 32.7. The van der Waals surface area contributed by atoms with Gasteiger partial charge >= 0.3 is 0 Å². The Morgan fingerprint density at radius 3 is 2.30 bits per heavy atom. The molecule has 64 heavy (non-hydrogen) atoms. The number of amides is 1. The normalized spacial score (nSPS) is 17.0. The molecule has 0 radical (unpaired) electrons. The number of anilines is 1. The van der Waals surface area contributed by atoms with E-state index in [4.69, 9.17) is 16.6 Å². The van der Waals surface area contributed by atoms with Gasteiger partial charge in [-0.15, -0.1) is 0 Å². The number of hydrogen-bond acceptors (Lipinski definition) is 7. The van der Waals surface area contributed by atoms with Gasteiger partial charge in [0.05, 0.1) is 44.8 Å². The van der Waals surface area contributed by atoms with Crippen LogP contribution in [0.3, 0.4) is 0 Å². The van der Waals surface area contributed by atoms with E-state index in [1.54, 1.807) is 0 Å². The topological polar surface area (TPSA) is 146 Å². The van der Waals surface area contributed by atoms with Crippen molar-refractivity contribution in [3.05, 3.63) is 133 Å². The molecule has 0 saturated heterocycles. The number of nitrogens with zero attached hydrogens (tertiary/aromatic N) is 6. The van der Waals surface area contributed by atoms with Crippen LogP contribution < -0.4 is 15.6 Å². The van der Waals surface area contributed by atoms with E-state index in [0.29, 0.717) is 22.9 Å². The lowest BCUT2D eigenvalue weighted by Gasteiger charge is -2.24. The Morgan fingerprint density at radius 2 is 1.64 bits per heavy atom. The van der Waals surface area contributed by atoms with Crippen LogP contribution in [0, 0.1) is 35.0 Å². The van der Waals surface area contributed by atoms with Gasteiger partial charge in [-0.05, 0) is 77.6 Å². The largest absolute Gasteiger partial charge is 0.344 e. The minimum Gasteiger partial charge on any atom is -0.344 e. The fourth-order valence-electron chi connectivity index (χ4n) is 8.48. The van der Waals surface area contributed by atoms with E-state index >= 15 is 8.78 Å². The molecule has 1 fully saturated rings. The summed E-state index contributed by atoms with van der Waals surface area (Å²) in [6.45, 7) is -1.07. The highest BCUT2D eigenvalue weighted by molar-refractivity contribution is 7.92. The van der Waals surface area contributed by atoms with Gasteiger partial charge in [0.15, 0.2) is 23.3 Å². The third kappa shape index (κ3) is 7.30. The van der Waals surface area contributed by atoms with Crippen molar-refractivity contribution < 1.29 is 52.7 Å².